The molecule has 4 aromatic heterocycles. The molecule has 1 N–H and O–H groups in total. The molecule has 0 radical (unpaired) electrons. The van der Waals surface area contributed by atoms with Gasteiger partial charge in [-0.05, 0) is 45.9 Å². The maximum Gasteiger partial charge on any atom is 0.418 e. The van der Waals surface area contributed by atoms with E-state index in [-0.39, 0.29) is 0 Å². The van der Waals surface area contributed by atoms with Crippen LogP contribution in [0.25, 0.3) is 32.5 Å². The summed E-state index contributed by atoms with van der Waals surface area (Å²) in [5.74, 6) is 1.60. The Morgan fingerprint density at radius 2 is 1.84 bits per heavy atom. The van der Waals surface area contributed by atoms with Crippen LogP contribution < -0.4 is 10.2 Å². The van der Waals surface area contributed by atoms with E-state index >= 15 is 0 Å². The van der Waals surface area contributed by atoms with E-state index in [0.717, 1.165) is 50.5 Å². The third-order valence-electron chi connectivity index (χ3n) is 7.08. The van der Waals surface area contributed by atoms with Gasteiger partial charge in [-0.2, -0.15) is 0 Å². The van der Waals surface area contributed by atoms with E-state index in [1.54, 1.807) is 24.5 Å². The summed E-state index contributed by atoms with van der Waals surface area (Å²) in [5.41, 5.74) is 2.13. The number of hydrogen-bond donors (Lipinski definition) is 1. The second-order valence-electron chi connectivity index (χ2n) is 11.5. The molecule has 0 saturated carbocycles. The smallest absolute Gasteiger partial charge is 0.418 e. The fourth-order valence-electron chi connectivity index (χ4n) is 5.06. The van der Waals surface area contributed by atoms with E-state index in [2.05, 4.69) is 26.3 Å². The van der Waals surface area contributed by atoms with Gasteiger partial charge in [-0.3, -0.25) is 4.57 Å². The Morgan fingerprint density at radius 3 is 2.58 bits per heavy atom. The zero-order valence-electron chi connectivity index (χ0n) is 25.7. The van der Waals surface area contributed by atoms with E-state index < -0.39 is 17.7 Å². The maximum absolute atomic E-state index is 12.9. The van der Waals surface area contributed by atoms with Gasteiger partial charge in [0.25, 0.3) is 0 Å². The first-order valence-electron chi connectivity index (χ1n) is 14.9. The second kappa shape index (κ2) is 12.9. The van der Waals surface area contributed by atoms with Gasteiger partial charge in [0.2, 0.25) is 0 Å². The minimum absolute atomic E-state index is 0.299. The fraction of sp³-hybridized carbons (Fsp3) is 0.375. The van der Waals surface area contributed by atoms with Gasteiger partial charge in [0, 0.05) is 54.1 Å². The summed E-state index contributed by atoms with van der Waals surface area (Å²) < 4.78 is 18.8. The molecule has 1 aromatic carbocycles. The van der Waals surface area contributed by atoms with Crippen LogP contribution in [0.2, 0.25) is 0 Å². The summed E-state index contributed by atoms with van der Waals surface area (Å²) in [4.78, 5) is 46.8. The highest BCUT2D eigenvalue weighted by atomic mass is 32.1. The van der Waals surface area contributed by atoms with Gasteiger partial charge in [-0.15, -0.1) is 11.3 Å². The number of anilines is 1. The van der Waals surface area contributed by atoms with Gasteiger partial charge in [0.15, 0.2) is 11.6 Å². The van der Waals surface area contributed by atoms with Crippen molar-refractivity contribution in [1.29, 1.82) is 0 Å². The molecule has 0 aliphatic carbocycles. The van der Waals surface area contributed by atoms with Crippen molar-refractivity contribution in [2.24, 2.45) is 0 Å². The van der Waals surface area contributed by atoms with E-state index in [4.69, 9.17) is 24.2 Å². The van der Waals surface area contributed by atoms with E-state index in [1.165, 1.54) is 17.0 Å². The Labute approximate surface area is 264 Å². The standard InChI is InChI=1S/C32H35N7O5S/c1-5-43-30(40)20-16-34-26(35-17-20)19-33-18-21-15-24-27(45-21)29(38-11-13-42-14-12-38)37-28(36-24)23-7-6-8-25-22(23)9-10-39(25)31(41)44-32(2,3)4/h6-10,15-17,33H,5,11-14,18-19H2,1-4H3. The SMILES string of the molecule is CCOC(=O)c1cnc(CNCc2cc3nc(-c4cccc5c4ccn5C(=O)OC(C)(C)C)nc(N4CCOCC4)c3s2)nc1. The van der Waals surface area contributed by atoms with Gasteiger partial charge < -0.3 is 24.4 Å². The number of nitrogens with zero attached hydrogens (tertiary/aromatic N) is 6. The Kier molecular flexibility index (Phi) is 8.74. The number of ether oxygens (including phenoxy) is 3. The van der Waals surface area contributed by atoms with Gasteiger partial charge in [-0.25, -0.2) is 29.5 Å². The van der Waals surface area contributed by atoms with Crippen LogP contribution in [0.4, 0.5) is 10.6 Å². The number of carbonyl (C=O) groups is 2. The Morgan fingerprint density at radius 1 is 1.07 bits per heavy atom. The van der Waals surface area contributed by atoms with Gasteiger partial charge >= 0.3 is 12.1 Å². The van der Waals surface area contributed by atoms with Crippen LogP contribution in [0, 0.1) is 0 Å². The van der Waals surface area contributed by atoms with Gasteiger partial charge in [-0.1, -0.05) is 12.1 Å². The summed E-state index contributed by atoms with van der Waals surface area (Å²) >= 11 is 1.65. The monoisotopic (exact) mass is 629 g/mol. The lowest BCUT2D eigenvalue weighted by atomic mass is 10.1. The van der Waals surface area contributed by atoms with Crippen molar-refractivity contribution in [3.8, 4) is 11.4 Å². The van der Waals surface area contributed by atoms with Crippen LogP contribution in [-0.2, 0) is 27.3 Å². The molecule has 1 aliphatic heterocycles. The largest absolute Gasteiger partial charge is 0.462 e. The predicted octanol–water partition coefficient (Wildman–Crippen LogP) is 5.19. The van der Waals surface area contributed by atoms with Crippen molar-refractivity contribution in [2.75, 3.05) is 37.8 Å². The lowest BCUT2D eigenvalue weighted by molar-refractivity contribution is 0.0520. The zero-order chi connectivity index (χ0) is 31.6. The molecule has 0 amide bonds. The van der Waals surface area contributed by atoms with Gasteiger partial charge in [0.1, 0.15) is 11.4 Å². The first-order chi connectivity index (χ1) is 21.7. The molecule has 1 fully saturated rings. The minimum Gasteiger partial charge on any atom is -0.462 e. The van der Waals surface area contributed by atoms with Crippen LogP contribution in [0.3, 0.4) is 0 Å². The van der Waals surface area contributed by atoms with Crippen molar-refractivity contribution in [3.63, 3.8) is 0 Å². The average Bonchev–Trinajstić information content (AvgIpc) is 3.65. The molecule has 12 nitrogen and oxygen atoms in total. The molecule has 6 rings (SSSR count). The van der Waals surface area contributed by atoms with Gasteiger partial charge in [0.05, 0.1) is 47.7 Å². The highest BCUT2D eigenvalue weighted by Crippen LogP contribution is 2.36. The number of carbonyl (C=O) groups excluding carboxylic acids is 2. The molecule has 45 heavy (non-hydrogen) atoms. The number of morpholine rings is 1. The summed E-state index contributed by atoms with van der Waals surface area (Å²) in [6.07, 6.45) is 4.26. The number of nitrogens with one attached hydrogen (secondary N) is 1. The lowest BCUT2D eigenvalue weighted by Gasteiger charge is -2.28. The molecule has 0 atom stereocenters. The lowest BCUT2D eigenvalue weighted by Crippen LogP contribution is -2.36. The topological polar surface area (TPSA) is 134 Å². The molecule has 5 aromatic rings. The molecule has 0 unspecified atom stereocenters. The molecule has 0 spiro atoms. The van der Waals surface area contributed by atoms with Crippen LogP contribution in [0.1, 0.15) is 48.8 Å². The Bertz CT molecular complexity index is 1840. The molecule has 5 heterocycles. The molecule has 234 valence electrons. The first kappa shape index (κ1) is 30.6. The fourth-order valence-corrected chi connectivity index (χ4v) is 6.14. The number of fused-ring (bicyclic) bond motifs is 2. The molecule has 13 heteroatoms. The minimum atomic E-state index is -0.611. The van der Waals surface area contributed by atoms with Crippen molar-refractivity contribution in [2.45, 2.75) is 46.4 Å². The molecular weight excluding hydrogens is 594 g/mol. The highest BCUT2D eigenvalue weighted by molar-refractivity contribution is 7.19. The summed E-state index contributed by atoms with van der Waals surface area (Å²) in [6, 6.07) is 9.77. The van der Waals surface area contributed by atoms with E-state index in [1.807, 2.05) is 45.0 Å². The number of rotatable bonds is 8. The number of aromatic nitrogens is 5. The number of thiophene rings is 1. The third-order valence-corrected chi connectivity index (χ3v) is 8.20. The van der Waals surface area contributed by atoms with Crippen molar-refractivity contribution in [3.05, 3.63) is 65.2 Å². The summed E-state index contributed by atoms with van der Waals surface area (Å²) in [5, 5.41) is 4.26. The molecule has 0 bridgehead atoms. The predicted molar refractivity (Wildman–Crippen MR) is 172 cm³/mol. The quantitative estimate of drug-likeness (QED) is 0.227. The second-order valence-corrected chi connectivity index (χ2v) is 12.7. The number of esters is 1. The van der Waals surface area contributed by atoms with Crippen LogP contribution in [0.15, 0.2) is 48.9 Å². The molecular formula is C32H35N7O5S. The summed E-state index contributed by atoms with van der Waals surface area (Å²) in [6.45, 7) is 11.3. The first-order valence-corrected chi connectivity index (χ1v) is 15.7. The average molecular weight is 630 g/mol. The van der Waals surface area contributed by atoms with Crippen molar-refractivity contribution in [1.82, 2.24) is 29.8 Å². The van der Waals surface area contributed by atoms with E-state index in [9.17, 15) is 9.59 Å². The normalized spacial score (nSPS) is 13.8. The van der Waals surface area contributed by atoms with Crippen LogP contribution in [-0.4, -0.2) is 75.1 Å². The number of hydrogen-bond acceptors (Lipinski definition) is 12. The molecule has 1 aliphatic rings. The van der Waals surface area contributed by atoms with Crippen LogP contribution >= 0.6 is 11.3 Å². The maximum atomic E-state index is 12.9. The van der Waals surface area contributed by atoms with Crippen LogP contribution in [0.5, 0.6) is 0 Å². The Hall–Kier alpha value is -4.46. The van der Waals surface area contributed by atoms with E-state index in [0.29, 0.717) is 50.1 Å². The highest BCUT2D eigenvalue weighted by Gasteiger charge is 2.23. The number of benzene rings is 1. The Balaban J connectivity index is 1.29. The molecule has 1 saturated heterocycles. The van der Waals surface area contributed by atoms with Crippen molar-refractivity contribution < 1.29 is 23.8 Å². The third kappa shape index (κ3) is 6.80. The zero-order valence-corrected chi connectivity index (χ0v) is 26.5. The summed E-state index contributed by atoms with van der Waals surface area (Å²) in [7, 11) is 0. The van der Waals surface area contributed by atoms with Crippen molar-refractivity contribution >= 4 is 50.3 Å².